The standard InChI is InChI=1S/C16H22FNO6S/c1-5-25(20,21)24-13-8-11(17)6-10-7-12(22-14(10)13)9-18-15(19)23-16(2,3)4/h6,8,12H,5,7,9H2,1-4H3,(H,18,19). The van der Waals surface area contributed by atoms with Gasteiger partial charge in [-0.05, 0) is 33.8 Å². The summed E-state index contributed by atoms with van der Waals surface area (Å²) in [6.45, 7) is 6.79. The fraction of sp³-hybridized carbons (Fsp3) is 0.562. The predicted octanol–water partition coefficient (Wildman–Crippen LogP) is 2.38. The second kappa shape index (κ2) is 7.07. The highest BCUT2D eigenvalue weighted by atomic mass is 32.2. The Morgan fingerprint density at radius 2 is 2.08 bits per heavy atom. The van der Waals surface area contributed by atoms with Crippen molar-refractivity contribution < 1.29 is 31.3 Å². The maximum absolute atomic E-state index is 13.7. The minimum atomic E-state index is -3.81. The van der Waals surface area contributed by atoms with Crippen molar-refractivity contribution in [3.8, 4) is 11.5 Å². The second-order valence-electron chi connectivity index (χ2n) is 6.65. The van der Waals surface area contributed by atoms with Crippen LogP contribution in [0.1, 0.15) is 33.3 Å². The van der Waals surface area contributed by atoms with E-state index in [1.165, 1.54) is 13.0 Å². The first kappa shape index (κ1) is 19.3. The number of carbonyl (C=O) groups is 1. The summed E-state index contributed by atoms with van der Waals surface area (Å²) in [7, 11) is -3.81. The van der Waals surface area contributed by atoms with Gasteiger partial charge in [0.1, 0.15) is 17.5 Å². The lowest BCUT2D eigenvalue weighted by atomic mass is 10.1. The summed E-state index contributed by atoms with van der Waals surface area (Å²) in [4.78, 5) is 11.7. The Morgan fingerprint density at radius 3 is 2.68 bits per heavy atom. The van der Waals surface area contributed by atoms with Crippen molar-refractivity contribution >= 4 is 16.2 Å². The Bertz CT molecular complexity index is 757. The van der Waals surface area contributed by atoms with Gasteiger partial charge >= 0.3 is 16.2 Å². The summed E-state index contributed by atoms with van der Waals surface area (Å²) < 4.78 is 52.7. The fourth-order valence-corrected chi connectivity index (χ4v) is 2.76. The van der Waals surface area contributed by atoms with Gasteiger partial charge in [0.25, 0.3) is 0 Å². The molecule has 1 unspecified atom stereocenters. The molecule has 0 radical (unpaired) electrons. The highest BCUT2D eigenvalue weighted by Crippen LogP contribution is 2.39. The Balaban J connectivity index is 2.06. The van der Waals surface area contributed by atoms with Gasteiger partial charge in [-0.2, -0.15) is 8.42 Å². The van der Waals surface area contributed by atoms with Crippen LogP contribution in [0.15, 0.2) is 12.1 Å². The molecular weight excluding hydrogens is 353 g/mol. The van der Waals surface area contributed by atoms with E-state index in [9.17, 15) is 17.6 Å². The molecule has 0 aliphatic carbocycles. The summed E-state index contributed by atoms with van der Waals surface area (Å²) in [5.41, 5.74) is -0.139. The molecule has 0 bridgehead atoms. The SMILES string of the molecule is CCS(=O)(=O)Oc1cc(F)cc2c1OC(CNC(=O)OC(C)(C)C)C2. The number of rotatable bonds is 5. The summed E-state index contributed by atoms with van der Waals surface area (Å²) in [6, 6.07) is 2.23. The molecule has 0 spiro atoms. The Labute approximate surface area is 146 Å². The quantitative estimate of drug-likeness (QED) is 0.795. The Hall–Kier alpha value is -2.03. The number of ether oxygens (including phenoxy) is 2. The van der Waals surface area contributed by atoms with Crippen LogP contribution in [0.25, 0.3) is 0 Å². The molecule has 7 nitrogen and oxygen atoms in total. The molecule has 1 heterocycles. The van der Waals surface area contributed by atoms with Crippen LogP contribution in [-0.2, 0) is 21.3 Å². The molecule has 1 N–H and O–H groups in total. The van der Waals surface area contributed by atoms with Crippen LogP contribution in [0.2, 0.25) is 0 Å². The molecular formula is C16H22FNO6S. The largest absolute Gasteiger partial charge is 0.484 e. The van der Waals surface area contributed by atoms with Crippen molar-refractivity contribution in [1.29, 1.82) is 0 Å². The molecule has 1 aromatic rings. The van der Waals surface area contributed by atoms with E-state index in [1.54, 1.807) is 20.8 Å². The highest BCUT2D eigenvalue weighted by Gasteiger charge is 2.29. The molecule has 0 aromatic heterocycles. The van der Waals surface area contributed by atoms with Crippen LogP contribution in [-0.4, -0.2) is 38.5 Å². The number of fused-ring (bicyclic) bond motifs is 1. The van der Waals surface area contributed by atoms with Crippen LogP contribution >= 0.6 is 0 Å². The van der Waals surface area contributed by atoms with Crippen LogP contribution in [0.5, 0.6) is 11.5 Å². The van der Waals surface area contributed by atoms with Crippen molar-refractivity contribution in [2.75, 3.05) is 12.3 Å². The average Bonchev–Trinajstić information content (AvgIpc) is 2.86. The maximum atomic E-state index is 13.7. The number of hydrogen-bond acceptors (Lipinski definition) is 6. The van der Waals surface area contributed by atoms with Crippen molar-refractivity contribution in [2.45, 2.75) is 45.8 Å². The normalized spacial score (nSPS) is 16.8. The lowest BCUT2D eigenvalue weighted by Crippen LogP contribution is -2.38. The Kier molecular flexibility index (Phi) is 5.46. The minimum Gasteiger partial charge on any atom is -0.484 e. The number of carbonyl (C=O) groups excluding carboxylic acids is 1. The highest BCUT2D eigenvalue weighted by molar-refractivity contribution is 7.87. The van der Waals surface area contributed by atoms with E-state index in [0.29, 0.717) is 12.0 Å². The Morgan fingerprint density at radius 1 is 1.40 bits per heavy atom. The van der Waals surface area contributed by atoms with Crippen LogP contribution in [0, 0.1) is 5.82 Å². The van der Waals surface area contributed by atoms with Crippen molar-refractivity contribution in [3.63, 3.8) is 0 Å². The molecule has 1 amide bonds. The zero-order chi connectivity index (χ0) is 18.8. The monoisotopic (exact) mass is 375 g/mol. The third-order valence-electron chi connectivity index (χ3n) is 3.27. The van der Waals surface area contributed by atoms with Gasteiger partial charge in [-0.25, -0.2) is 9.18 Å². The molecule has 1 aliphatic heterocycles. The van der Waals surface area contributed by atoms with E-state index in [1.807, 2.05) is 0 Å². The van der Waals surface area contributed by atoms with Gasteiger partial charge in [0.05, 0.1) is 12.3 Å². The van der Waals surface area contributed by atoms with E-state index < -0.39 is 33.7 Å². The molecule has 9 heteroatoms. The van der Waals surface area contributed by atoms with Crippen molar-refractivity contribution in [3.05, 3.63) is 23.5 Å². The predicted molar refractivity (Wildman–Crippen MR) is 88.8 cm³/mol. The van der Waals surface area contributed by atoms with Gasteiger partial charge in [-0.1, -0.05) is 0 Å². The number of hydrogen-bond donors (Lipinski definition) is 1. The van der Waals surface area contributed by atoms with Crippen LogP contribution in [0.4, 0.5) is 9.18 Å². The van der Waals surface area contributed by atoms with Gasteiger partial charge in [0.2, 0.25) is 0 Å². The van der Waals surface area contributed by atoms with E-state index in [2.05, 4.69) is 5.32 Å². The van der Waals surface area contributed by atoms with E-state index >= 15 is 0 Å². The van der Waals surface area contributed by atoms with E-state index in [4.69, 9.17) is 13.7 Å². The summed E-state index contributed by atoms with van der Waals surface area (Å²) in [5, 5.41) is 2.57. The topological polar surface area (TPSA) is 90.9 Å². The summed E-state index contributed by atoms with van der Waals surface area (Å²) in [5.74, 6) is -0.877. The summed E-state index contributed by atoms with van der Waals surface area (Å²) in [6.07, 6.45) is -0.759. The molecule has 0 fully saturated rings. The number of halogens is 1. The zero-order valence-corrected chi connectivity index (χ0v) is 15.4. The molecule has 0 saturated carbocycles. The molecule has 25 heavy (non-hydrogen) atoms. The van der Waals surface area contributed by atoms with Crippen molar-refractivity contribution in [2.24, 2.45) is 0 Å². The first-order valence-electron chi connectivity index (χ1n) is 7.87. The first-order chi connectivity index (χ1) is 11.5. The van der Waals surface area contributed by atoms with E-state index in [-0.39, 0.29) is 23.8 Å². The number of amides is 1. The first-order valence-corrected chi connectivity index (χ1v) is 9.45. The number of nitrogens with one attached hydrogen (secondary N) is 1. The van der Waals surface area contributed by atoms with Crippen LogP contribution in [0.3, 0.4) is 0 Å². The molecule has 1 aromatic carbocycles. The fourth-order valence-electron chi connectivity index (χ4n) is 2.24. The molecule has 0 saturated heterocycles. The average molecular weight is 375 g/mol. The maximum Gasteiger partial charge on any atom is 0.407 e. The van der Waals surface area contributed by atoms with Gasteiger partial charge in [-0.15, -0.1) is 0 Å². The zero-order valence-electron chi connectivity index (χ0n) is 14.6. The third-order valence-corrected chi connectivity index (χ3v) is 4.41. The lowest BCUT2D eigenvalue weighted by molar-refractivity contribution is 0.0506. The minimum absolute atomic E-state index is 0.130. The molecule has 140 valence electrons. The molecule has 2 rings (SSSR count). The molecule has 1 aliphatic rings. The third kappa shape index (κ3) is 5.48. The lowest BCUT2D eigenvalue weighted by Gasteiger charge is -2.20. The summed E-state index contributed by atoms with van der Waals surface area (Å²) >= 11 is 0. The number of alkyl carbamates (subject to hydrolysis) is 1. The van der Waals surface area contributed by atoms with Gasteiger partial charge in [-0.3, -0.25) is 0 Å². The molecule has 1 atom stereocenters. The van der Waals surface area contributed by atoms with Crippen LogP contribution < -0.4 is 14.2 Å². The van der Waals surface area contributed by atoms with Gasteiger partial charge in [0.15, 0.2) is 11.5 Å². The van der Waals surface area contributed by atoms with Gasteiger partial charge < -0.3 is 19.0 Å². The second-order valence-corrected chi connectivity index (χ2v) is 8.51. The van der Waals surface area contributed by atoms with Gasteiger partial charge in [0, 0.05) is 18.1 Å². The smallest absolute Gasteiger partial charge is 0.407 e. The van der Waals surface area contributed by atoms with E-state index in [0.717, 1.165) is 6.07 Å². The van der Waals surface area contributed by atoms with Crippen molar-refractivity contribution in [1.82, 2.24) is 5.32 Å². The number of benzene rings is 1.